The predicted octanol–water partition coefficient (Wildman–Crippen LogP) is 2.06. The summed E-state index contributed by atoms with van der Waals surface area (Å²) in [5, 5.41) is 15.8. The number of hydrogen-bond acceptors (Lipinski definition) is 3. The fraction of sp³-hybridized carbons (Fsp3) is 0.286. The molecule has 2 rings (SSSR count). The van der Waals surface area contributed by atoms with Gasteiger partial charge in [-0.2, -0.15) is 5.10 Å². The summed E-state index contributed by atoms with van der Waals surface area (Å²) in [5.74, 6) is -0.167. The Balaban J connectivity index is 2.16. The summed E-state index contributed by atoms with van der Waals surface area (Å²) in [7, 11) is 0. The number of carbonyl (C=O) groups excluding carboxylic acids is 1. The van der Waals surface area contributed by atoms with Gasteiger partial charge in [-0.15, -0.1) is 0 Å². The monoisotopic (exact) mass is 337 g/mol. The SMILES string of the molecule is Cc1nn(-c2ccc(Br)cc2)cc1C(=O)NCCCO. The highest BCUT2D eigenvalue weighted by Gasteiger charge is 2.13. The van der Waals surface area contributed by atoms with E-state index < -0.39 is 0 Å². The van der Waals surface area contributed by atoms with Gasteiger partial charge in [0.2, 0.25) is 0 Å². The van der Waals surface area contributed by atoms with Crippen molar-refractivity contribution in [2.45, 2.75) is 13.3 Å². The molecule has 0 atom stereocenters. The van der Waals surface area contributed by atoms with Gasteiger partial charge in [-0.3, -0.25) is 4.79 Å². The summed E-state index contributed by atoms with van der Waals surface area (Å²) in [4.78, 5) is 12.0. The van der Waals surface area contributed by atoms with E-state index in [-0.39, 0.29) is 12.5 Å². The minimum absolute atomic E-state index is 0.0669. The van der Waals surface area contributed by atoms with Gasteiger partial charge in [0.15, 0.2) is 0 Å². The average molecular weight is 338 g/mol. The van der Waals surface area contributed by atoms with E-state index in [1.165, 1.54) is 0 Å². The van der Waals surface area contributed by atoms with E-state index in [4.69, 9.17) is 5.11 Å². The number of aliphatic hydroxyl groups excluding tert-OH is 1. The Kier molecular flexibility index (Phi) is 4.92. The first-order chi connectivity index (χ1) is 9.61. The van der Waals surface area contributed by atoms with Crippen molar-refractivity contribution in [2.24, 2.45) is 0 Å². The lowest BCUT2D eigenvalue weighted by atomic mass is 10.2. The molecule has 0 aliphatic rings. The molecule has 0 saturated heterocycles. The van der Waals surface area contributed by atoms with Gasteiger partial charge in [-0.25, -0.2) is 4.68 Å². The van der Waals surface area contributed by atoms with Crippen molar-refractivity contribution in [1.29, 1.82) is 0 Å². The molecule has 1 amide bonds. The zero-order chi connectivity index (χ0) is 14.5. The maximum absolute atomic E-state index is 12.0. The molecule has 2 aromatic rings. The second-order valence-corrected chi connectivity index (χ2v) is 5.30. The quantitative estimate of drug-likeness (QED) is 0.820. The Morgan fingerprint density at radius 3 is 2.75 bits per heavy atom. The number of nitrogens with zero attached hydrogens (tertiary/aromatic N) is 2. The van der Waals surface area contributed by atoms with Gasteiger partial charge in [0.05, 0.1) is 16.9 Å². The largest absolute Gasteiger partial charge is 0.396 e. The first-order valence-corrected chi connectivity index (χ1v) is 7.12. The Labute approximate surface area is 125 Å². The summed E-state index contributed by atoms with van der Waals surface area (Å²) in [5.41, 5.74) is 2.12. The number of hydrogen-bond donors (Lipinski definition) is 2. The van der Waals surface area contributed by atoms with Crippen LogP contribution in [0.25, 0.3) is 5.69 Å². The normalized spacial score (nSPS) is 10.6. The Morgan fingerprint density at radius 1 is 1.40 bits per heavy atom. The van der Waals surface area contributed by atoms with Crippen LogP contribution in [-0.4, -0.2) is 33.9 Å². The summed E-state index contributed by atoms with van der Waals surface area (Å²) in [6.07, 6.45) is 2.26. The second-order valence-electron chi connectivity index (χ2n) is 4.38. The van der Waals surface area contributed by atoms with E-state index in [1.807, 2.05) is 24.3 Å². The zero-order valence-corrected chi connectivity index (χ0v) is 12.7. The van der Waals surface area contributed by atoms with Gasteiger partial charge in [0, 0.05) is 23.8 Å². The molecule has 6 heteroatoms. The number of aliphatic hydroxyl groups is 1. The van der Waals surface area contributed by atoms with Gasteiger partial charge in [0.25, 0.3) is 5.91 Å². The van der Waals surface area contributed by atoms with E-state index in [9.17, 15) is 4.79 Å². The maximum Gasteiger partial charge on any atom is 0.254 e. The first-order valence-electron chi connectivity index (χ1n) is 6.33. The number of carbonyl (C=O) groups is 1. The number of halogens is 1. The molecule has 0 spiro atoms. The smallest absolute Gasteiger partial charge is 0.254 e. The summed E-state index contributed by atoms with van der Waals surface area (Å²) >= 11 is 3.38. The van der Waals surface area contributed by atoms with Crippen LogP contribution >= 0.6 is 15.9 Å². The van der Waals surface area contributed by atoms with Gasteiger partial charge < -0.3 is 10.4 Å². The maximum atomic E-state index is 12.0. The number of amides is 1. The minimum Gasteiger partial charge on any atom is -0.396 e. The molecule has 0 aliphatic heterocycles. The van der Waals surface area contributed by atoms with Gasteiger partial charge in [-0.1, -0.05) is 15.9 Å². The van der Waals surface area contributed by atoms with Crippen molar-refractivity contribution in [1.82, 2.24) is 15.1 Å². The number of aryl methyl sites for hydroxylation is 1. The summed E-state index contributed by atoms with van der Waals surface area (Å²) < 4.78 is 2.68. The predicted molar refractivity (Wildman–Crippen MR) is 80.0 cm³/mol. The first kappa shape index (κ1) is 14.7. The molecule has 1 aromatic heterocycles. The molecule has 0 unspecified atom stereocenters. The molecule has 106 valence electrons. The van der Waals surface area contributed by atoms with E-state index >= 15 is 0 Å². The van der Waals surface area contributed by atoms with Crippen LogP contribution in [-0.2, 0) is 0 Å². The lowest BCUT2D eigenvalue weighted by Gasteiger charge is -2.02. The Bertz CT molecular complexity index is 593. The fourth-order valence-corrected chi connectivity index (χ4v) is 2.05. The van der Waals surface area contributed by atoms with E-state index in [2.05, 4.69) is 26.3 Å². The molecular formula is C14H16BrN3O2. The van der Waals surface area contributed by atoms with Crippen molar-refractivity contribution >= 4 is 21.8 Å². The van der Waals surface area contributed by atoms with Crippen molar-refractivity contribution < 1.29 is 9.90 Å². The molecule has 0 bridgehead atoms. The van der Waals surface area contributed by atoms with Crippen LogP contribution in [0.3, 0.4) is 0 Å². The second kappa shape index (κ2) is 6.67. The molecule has 1 heterocycles. The molecule has 20 heavy (non-hydrogen) atoms. The number of aromatic nitrogens is 2. The van der Waals surface area contributed by atoms with E-state index in [1.54, 1.807) is 17.8 Å². The number of rotatable bonds is 5. The van der Waals surface area contributed by atoms with Gasteiger partial charge in [-0.05, 0) is 37.6 Å². The molecule has 5 nitrogen and oxygen atoms in total. The van der Waals surface area contributed by atoms with Crippen LogP contribution in [0, 0.1) is 6.92 Å². The summed E-state index contributed by atoms with van der Waals surface area (Å²) in [6, 6.07) is 7.69. The molecule has 0 saturated carbocycles. The van der Waals surface area contributed by atoms with Crippen molar-refractivity contribution in [2.75, 3.05) is 13.2 Å². The lowest BCUT2D eigenvalue weighted by Crippen LogP contribution is -2.25. The fourth-order valence-electron chi connectivity index (χ4n) is 1.79. The molecule has 0 fully saturated rings. The van der Waals surface area contributed by atoms with Gasteiger partial charge >= 0.3 is 0 Å². The highest BCUT2D eigenvalue weighted by molar-refractivity contribution is 9.10. The van der Waals surface area contributed by atoms with Crippen LogP contribution in [0.1, 0.15) is 22.5 Å². The highest BCUT2D eigenvalue weighted by Crippen LogP contribution is 2.15. The van der Waals surface area contributed by atoms with Crippen LogP contribution in [0.2, 0.25) is 0 Å². The van der Waals surface area contributed by atoms with E-state index in [0.29, 0.717) is 24.2 Å². The third kappa shape index (κ3) is 3.46. The standard InChI is InChI=1S/C14H16BrN3O2/c1-10-13(14(20)16-7-2-8-19)9-18(17-10)12-5-3-11(15)4-6-12/h3-6,9,19H,2,7-8H2,1H3,(H,16,20). The van der Waals surface area contributed by atoms with Gasteiger partial charge in [0.1, 0.15) is 0 Å². The van der Waals surface area contributed by atoms with Crippen molar-refractivity contribution in [3.8, 4) is 5.69 Å². The summed E-state index contributed by atoms with van der Waals surface area (Å²) in [6.45, 7) is 2.33. The molecule has 2 N–H and O–H groups in total. The lowest BCUT2D eigenvalue weighted by molar-refractivity contribution is 0.0950. The van der Waals surface area contributed by atoms with Crippen LogP contribution in [0.15, 0.2) is 34.9 Å². The molecule has 1 aromatic carbocycles. The molecule has 0 radical (unpaired) electrons. The zero-order valence-electron chi connectivity index (χ0n) is 11.1. The topological polar surface area (TPSA) is 67.2 Å². The average Bonchev–Trinajstić information content (AvgIpc) is 2.82. The molecular weight excluding hydrogens is 322 g/mol. The number of nitrogens with one attached hydrogen (secondary N) is 1. The van der Waals surface area contributed by atoms with Crippen molar-refractivity contribution in [3.63, 3.8) is 0 Å². The Morgan fingerprint density at radius 2 is 2.10 bits per heavy atom. The Hall–Kier alpha value is -1.66. The third-order valence-corrected chi connectivity index (χ3v) is 3.38. The molecule has 0 aliphatic carbocycles. The van der Waals surface area contributed by atoms with Crippen LogP contribution < -0.4 is 5.32 Å². The number of benzene rings is 1. The third-order valence-electron chi connectivity index (χ3n) is 2.86. The van der Waals surface area contributed by atoms with E-state index in [0.717, 1.165) is 10.2 Å². The van der Waals surface area contributed by atoms with Crippen LogP contribution in [0.4, 0.5) is 0 Å². The van der Waals surface area contributed by atoms with Crippen LogP contribution in [0.5, 0.6) is 0 Å². The minimum atomic E-state index is -0.167. The van der Waals surface area contributed by atoms with Crippen molar-refractivity contribution in [3.05, 3.63) is 46.2 Å². The highest BCUT2D eigenvalue weighted by atomic mass is 79.9.